The van der Waals surface area contributed by atoms with E-state index in [2.05, 4.69) is 5.10 Å². The number of benzene rings is 1. The van der Waals surface area contributed by atoms with Crippen molar-refractivity contribution in [3.05, 3.63) is 47.0 Å². The molecule has 5 heteroatoms. The summed E-state index contributed by atoms with van der Waals surface area (Å²) < 4.78 is 20.6. The number of hydrogen-bond donors (Lipinski definition) is 1. The number of halogens is 1. The van der Waals surface area contributed by atoms with E-state index < -0.39 is 11.9 Å². The van der Waals surface area contributed by atoms with Gasteiger partial charge in [-0.3, -0.25) is 4.68 Å². The summed E-state index contributed by atoms with van der Waals surface area (Å²) >= 11 is 0. The zero-order valence-corrected chi connectivity index (χ0v) is 11.9. The molecule has 0 saturated carbocycles. The number of aromatic nitrogens is 2. The van der Waals surface area contributed by atoms with Crippen LogP contribution in [0.1, 0.15) is 30.0 Å². The van der Waals surface area contributed by atoms with Crippen LogP contribution in [0.4, 0.5) is 4.39 Å². The Balaban J connectivity index is 2.23. The van der Waals surface area contributed by atoms with Crippen molar-refractivity contribution in [1.29, 1.82) is 0 Å². The first-order valence-electron chi connectivity index (χ1n) is 6.59. The van der Waals surface area contributed by atoms with Gasteiger partial charge in [0.25, 0.3) is 0 Å². The van der Waals surface area contributed by atoms with Crippen LogP contribution >= 0.6 is 0 Å². The average molecular weight is 278 g/mol. The Morgan fingerprint density at radius 3 is 2.80 bits per heavy atom. The largest absolute Gasteiger partial charge is 0.494 e. The average Bonchev–Trinajstić information content (AvgIpc) is 2.82. The Morgan fingerprint density at radius 2 is 2.20 bits per heavy atom. The van der Waals surface area contributed by atoms with Crippen LogP contribution in [0.25, 0.3) is 0 Å². The number of ether oxygens (including phenoxy) is 1. The summed E-state index contributed by atoms with van der Waals surface area (Å²) in [5, 5.41) is 14.6. The molecule has 1 aromatic carbocycles. The first-order chi connectivity index (χ1) is 9.56. The Hall–Kier alpha value is -1.88. The monoisotopic (exact) mass is 278 g/mol. The molecule has 2 aromatic rings. The Kier molecular flexibility index (Phi) is 4.39. The van der Waals surface area contributed by atoms with Gasteiger partial charge < -0.3 is 9.84 Å². The maximum Gasteiger partial charge on any atom is 0.168 e. The second-order valence-electron chi connectivity index (χ2n) is 4.69. The van der Waals surface area contributed by atoms with Crippen molar-refractivity contribution >= 4 is 0 Å². The van der Waals surface area contributed by atoms with Gasteiger partial charge >= 0.3 is 0 Å². The first kappa shape index (κ1) is 14.5. The van der Waals surface area contributed by atoms with E-state index in [4.69, 9.17) is 4.74 Å². The van der Waals surface area contributed by atoms with Gasteiger partial charge in [-0.25, -0.2) is 4.39 Å². The number of aliphatic hydroxyl groups excluding tert-OH is 1. The van der Waals surface area contributed by atoms with Gasteiger partial charge in [-0.1, -0.05) is 19.1 Å². The highest BCUT2D eigenvalue weighted by molar-refractivity contribution is 5.32. The van der Waals surface area contributed by atoms with Crippen molar-refractivity contribution in [2.24, 2.45) is 7.05 Å². The fourth-order valence-corrected chi connectivity index (χ4v) is 2.21. The van der Waals surface area contributed by atoms with Crippen molar-refractivity contribution in [2.75, 3.05) is 7.11 Å². The summed E-state index contributed by atoms with van der Waals surface area (Å²) in [6, 6.07) is 6.77. The van der Waals surface area contributed by atoms with Crippen molar-refractivity contribution in [2.45, 2.75) is 25.9 Å². The molecular formula is C15H19FN2O2. The van der Waals surface area contributed by atoms with E-state index in [1.54, 1.807) is 29.9 Å². The summed E-state index contributed by atoms with van der Waals surface area (Å²) in [5.74, 6) is -0.235. The molecule has 1 unspecified atom stereocenters. The molecule has 4 nitrogen and oxygen atoms in total. The van der Waals surface area contributed by atoms with Crippen LogP contribution in [0.5, 0.6) is 5.75 Å². The second kappa shape index (κ2) is 6.05. The molecule has 1 atom stereocenters. The molecule has 1 aromatic heterocycles. The molecule has 0 aliphatic heterocycles. The van der Waals surface area contributed by atoms with Crippen LogP contribution in [-0.4, -0.2) is 22.0 Å². The third kappa shape index (κ3) is 2.82. The van der Waals surface area contributed by atoms with Gasteiger partial charge in [0.2, 0.25) is 0 Å². The van der Waals surface area contributed by atoms with Gasteiger partial charge in [-0.2, -0.15) is 5.10 Å². The quantitative estimate of drug-likeness (QED) is 0.913. The lowest BCUT2D eigenvalue weighted by atomic mass is 10.0. The third-order valence-electron chi connectivity index (χ3n) is 3.35. The lowest BCUT2D eigenvalue weighted by Gasteiger charge is -2.12. The highest BCUT2D eigenvalue weighted by Gasteiger charge is 2.17. The highest BCUT2D eigenvalue weighted by Crippen LogP contribution is 2.25. The molecule has 0 aliphatic carbocycles. The van der Waals surface area contributed by atoms with Crippen molar-refractivity contribution < 1.29 is 14.2 Å². The van der Waals surface area contributed by atoms with E-state index >= 15 is 0 Å². The molecule has 0 radical (unpaired) electrons. The number of hydrogen-bond acceptors (Lipinski definition) is 3. The topological polar surface area (TPSA) is 47.3 Å². The number of nitrogens with zero attached hydrogens (tertiary/aromatic N) is 2. The number of rotatable bonds is 5. The minimum atomic E-state index is -0.797. The third-order valence-corrected chi connectivity index (χ3v) is 3.35. The fraction of sp³-hybridized carbons (Fsp3) is 0.400. The van der Waals surface area contributed by atoms with Gasteiger partial charge in [-0.15, -0.1) is 0 Å². The smallest absolute Gasteiger partial charge is 0.168 e. The molecule has 0 spiro atoms. The van der Waals surface area contributed by atoms with Gasteiger partial charge in [0, 0.05) is 13.5 Å². The summed E-state index contributed by atoms with van der Waals surface area (Å²) in [5.41, 5.74) is 2.02. The Labute approximate surface area is 117 Å². The normalized spacial score (nSPS) is 12.4. The lowest BCUT2D eigenvalue weighted by molar-refractivity contribution is 0.167. The highest BCUT2D eigenvalue weighted by atomic mass is 19.1. The minimum absolute atomic E-state index is 0.186. The molecule has 20 heavy (non-hydrogen) atoms. The molecule has 0 fully saturated rings. The molecular weight excluding hydrogens is 259 g/mol. The van der Waals surface area contributed by atoms with Crippen molar-refractivity contribution in [1.82, 2.24) is 9.78 Å². The minimum Gasteiger partial charge on any atom is -0.494 e. The Bertz CT molecular complexity index is 596. The summed E-state index contributed by atoms with van der Waals surface area (Å²) in [4.78, 5) is 0. The van der Waals surface area contributed by atoms with Gasteiger partial charge in [0.15, 0.2) is 11.6 Å². The molecule has 1 heterocycles. The molecule has 0 amide bonds. The number of aliphatic hydroxyl groups is 1. The van der Waals surface area contributed by atoms with Gasteiger partial charge in [0.1, 0.15) is 0 Å². The molecule has 1 N–H and O–H groups in total. The number of methoxy groups -OCH3 is 1. The molecule has 0 saturated heterocycles. The zero-order chi connectivity index (χ0) is 14.7. The lowest BCUT2D eigenvalue weighted by Crippen LogP contribution is -2.09. The molecule has 108 valence electrons. The van der Waals surface area contributed by atoms with E-state index in [0.29, 0.717) is 11.3 Å². The van der Waals surface area contributed by atoms with Crippen LogP contribution in [0.2, 0.25) is 0 Å². The standard InChI is InChI=1S/C15H19FN2O2/c1-4-11-9-12(18(2)17-11)13(19)8-10-6-5-7-14(20-3)15(10)16/h5-7,9,13,19H,4,8H2,1-3H3. The van der Waals surface area contributed by atoms with Crippen molar-refractivity contribution in [3.63, 3.8) is 0 Å². The second-order valence-corrected chi connectivity index (χ2v) is 4.69. The van der Waals surface area contributed by atoms with Crippen LogP contribution < -0.4 is 4.74 Å². The van der Waals surface area contributed by atoms with Crippen LogP contribution in [0, 0.1) is 5.82 Å². The Morgan fingerprint density at radius 1 is 1.45 bits per heavy atom. The van der Waals surface area contributed by atoms with Gasteiger partial charge in [-0.05, 0) is 24.1 Å². The molecule has 0 aliphatic rings. The maximum atomic E-state index is 14.1. The van der Waals surface area contributed by atoms with Crippen LogP contribution in [0.15, 0.2) is 24.3 Å². The number of aryl methyl sites for hydroxylation is 2. The predicted molar refractivity (Wildman–Crippen MR) is 74.2 cm³/mol. The summed E-state index contributed by atoms with van der Waals surface area (Å²) in [6.45, 7) is 2.00. The maximum absolute atomic E-state index is 14.1. The van der Waals surface area contributed by atoms with Crippen LogP contribution in [0.3, 0.4) is 0 Å². The summed E-state index contributed by atoms with van der Waals surface area (Å²) in [7, 11) is 3.20. The fourth-order valence-electron chi connectivity index (χ4n) is 2.21. The first-order valence-corrected chi connectivity index (χ1v) is 6.59. The predicted octanol–water partition coefficient (Wildman–Crippen LogP) is 2.41. The van der Waals surface area contributed by atoms with Crippen molar-refractivity contribution in [3.8, 4) is 5.75 Å². The van der Waals surface area contributed by atoms with E-state index in [9.17, 15) is 9.50 Å². The SMILES string of the molecule is CCc1cc(C(O)Cc2cccc(OC)c2F)n(C)n1. The summed E-state index contributed by atoms with van der Waals surface area (Å²) in [6.07, 6.45) is 0.189. The zero-order valence-electron chi connectivity index (χ0n) is 11.9. The molecule has 2 rings (SSSR count). The van der Waals surface area contributed by atoms with Crippen LogP contribution in [-0.2, 0) is 19.9 Å². The van der Waals surface area contributed by atoms with E-state index in [-0.39, 0.29) is 12.2 Å². The van der Waals surface area contributed by atoms with E-state index in [1.165, 1.54) is 7.11 Å². The molecule has 0 bridgehead atoms. The van der Waals surface area contributed by atoms with E-state index in [0.717, 1.165) is 12.1 Å². The van der Waals surface area contributed by atoms with E-state index in [1.807, 2.05) is 13.0 Å². The van der Waals surface area contributed by atoms with Gasteiger partial charge in [0.05, 0.1) is 24.6 Å².